The summed E-state index contributed by atoms with van der Waals surface area (Å²) in [5.74, 6) is -0.722. The van der Waals surface area contributed by atoms with Gasteiger partial charge in [-0.05, 0) is 31.0 Å². The third-order valence-electron chi connectivity index (χ3n) is 4.08. The molecule has 5 nitrogen and oxygen atoms in total. The molecule has 0 unspecified atom stereocenters. The summed E-state index contributed by atoms with van der Waals surface area (Å²) in [5, 5.41) is 6.58. The fourth-order valence-corrected chi connectivity index (χ4v) is 2.73. The molecular formula is C20H25FN3O2+. The van der Waals surface area contributed by atoms with E-state index in [4.69, 9.17) is 0 Å². The summed E-state index contributed by atoms with van der Waals surface area (Å²) in [5.41, 5.74) is 2.94. The van der Waals surface area contributed by atoms with E-state index >= 15 is 0 Å². The first-order valence-electron chi connectivity index (χ1n) is 8.78. The van der Waals surface area contributed by atoms with Crippen LogP contribution in [-0.2, 0) is 11.2 Å². The van der Waals surface area contributed by atoms with Crippen molar-refractivity contribution in [2.45, 2.75) is 26.3 Å². The van der Waals surface area contributed by atoms with E-state index in [1.807, 2.05) is 30.3 Å². The first kappa shape index (κ1) is 19.6. The van der Waals surface area contributed by atoms with Crippen LogP contribution in [0.4, 0.5) is 9.18 Å². The summed E-state index contributed by atoms with van der Waals surface area (Å²) >= 11 is 0. The predicted molar refractivity (Wildman–Crippen MR) is 98.1 cm³/mol. The summed E-state index contributed by atoms with van der Waals surface area (Å²) in [7, 11) is 0. The molecule has 1 atom stereocenters. The van der Waals surface area contributed by atoms with E-state index in [0.717, 1.165) is 17.5 Å². The van der Waals surface area contributed by atoms with Gasteiger partial charge >= 0.3 is 6.03 Å². The lowest BCUT2D eigenvalue weighted by Crippen LogP contribution is -2.88. The normalized spacial score (nSPS) is 11.7. The Balaban J connectivity index is 2.15. The lowest BCUT2D eigenvalue weighted by atomic mass is 9.97. The van der Waals surface area contributed by atoms with E-state index in [0.29, 0.717) is 6.54 Å². The third-order valence-corrected chi connectivity index (χ3v) is 4.08. The van der Waals surface area contributed by atoms with E-state index < -0.39 is 11.9 Å². The number of hydrogen-bond donors (Lipinski definition) is 3. The third kappa shape index (κ3) is 5.67. The number of benzene rings is 2. The Hall–Kier alpha value is -2.73. The average molecular weight is 358 g/mol. The van der Waals surface area contributed by atoms with Crippen LogP contribution in [0.2, 0.25) is 0 Å². The molecule has 4 N–H and O–H groups in total. The highest BCUT2D eigenvalue weighted by Crippen LogP contribution is 2.20. The van der Waals surface area contributed by atoms with Gasteiger partial charge in [0.25, 0.3) is 5.91 Å². The van der Waals surface area contributed by atoms with Crippen molar-refractivity contribution in [3.8, 4) is 0 Å². The van der Waals surface area contributed by atoms with E-state index in [1.165, 1.54) is 17.7 Å². The number of aryl methyl sites for hydroxylation is 1. The van der Waals surface area contributed by atoms with Gasteiger partial charge in [0.05, 0.1) is 0 Å². The highest BCUT2D eigenvalue weighted by atomic mass is 19.1. The SMILES string of the molecule is CCNC(=O)NC(=O)C[NH2+][C@H](c1ccc(CC)cc1)c1cccc(F)c1. The number of amides is 3. The lowest BCUT2D eigenvalue weighted by Gasteiger charge is -2.17. The second-order valence-electron chi connectivity index (χ2n) is 5.98. The van der Waals surface area contributed by atoms with Gasteiger partial charge in [0.2, 0.25) is 0 Å². The Bertz CT molecular complexity index is 747. The number of nitrogens with two attached hydrogens (primary N) is 1. The highest BCUT2D eigenvalue weighted by Gasteiger charge is 2.20. The highest BCUT2D eigenvalue weighted by molar-refractivity contribution is 5.94. The molecule has 2 aromatic carbocycles. The minimum Gasteiger partial charge on any atom is -0.338 e. The number of carbonyl (C=O) groups excluding carboxylic acids is 2. The average Bonchev–Trinajstić information content (AvgIpc) is 2.62. The second kappa shape index (κ2) is 9.68. The topological polar surface area (TPSA) is 74.8 Å². The quantitative estimate of drug-likeness (QED) is 0.707. The lowest BCUT2D eigenvalue weighted by molar-refractivity contribution is -0.676. The zero-order valence-corrected chi connectivity index (χ0v) is 15.1. The van der Waals surface area contributed by atoms with Crippen molar-refractivity contribution in [1.29, 1.82) is 0 Å². The number of urea groups is 1. The van der Waals surface area contributed by atoms with Crippen LogP contribution in [0.1, 0.15) is 36.6 Å². The maximum absolute atomic E-state index is 13.7. The van der Waals surface area contributed by atoms with E-state index in [9.17, 15) is 14.0 Å². The molecule has 26 heavy (non-hydrogen) atoms. The Kier molecular flexibility index (Phi) is 7.29. The van der Waals surface area contributed by atoms with Gasteiger partial charge in [-0.3, -0.25) is 10.1 Å². The maximum Gasteiger partial charge on any atom is 0.321 e. The van der Waals surface area contributed by atoms with Gasteiger partial charge in [0, 0.05) is 17.7 Å². The van der Waals surface area contributed by atoms with Crippen molar-refractivity contribution in [1.82, 2.24) is 10.6 Å². The standard InChI is InChI=1S/C20H24FN3O2/c1-3-14-8-10-15(11-9-14)19(16-6-5-7-17(21)12-16)23-13-18(25)24-20(26)22-4-2/h5-12,19,23H,3-4,13H2,1-2H3,(H2,22,24,25,26)/p+1/t19-/m1/s1. The molecule has 2 aromatic rings. The van der Waals surface area contributed by atoms with Crippen LogP contribution in [0.15, 0.2) is 48.5 Å². The molecule has 0 aliphatic heterocycles. The first-order valence-corrected chi connectivity index (χ1v) is 8.78. The minimum absolute atomic E-state index is 0.0494. The molecule has 0 spiro atoms. The van der Waals surface area contributed by atoms with Crippen molar-refractivity contribution >= 4 is 11.9 Å². The van der Waals surface area contributed by atoms with Crippen LogP contribution >= 0.6 is 0 Å². The van der Waals surface area contributed by atoms with Gasteiger partial charge in [-0.1, -0.05) is 43.3 Å². The summed E-state index contributed by atoms with van der Waals surface area (Å²) in [6.07, 6.45) is 0.934. The van der Waals surface area contributed by atoms with Crippen LogP contribution in [0, 0.1) is 5.82 Å². The van der Waals surface area contributed by atoms with E-state index in [2.05, 4.69) is 17.6 Å². The molecule has 0 heterocycles. The summed E-state index contributed by atoms with van der Waals surface area (Å²) in [6.45, 7) is 4.35. The fourth-order valence-electron chi connectivity index (χ4n) is 2.73. The van der Waals surface area contributed by atoms with Gasteiger partial charge in [0.1, 0.15) is 11.9 Å². The number of carbonyl (C=O) groups is 2. The van der Waals surface area contributed by atoms with Crippen molar-refractivity contribution in [3.05, 3.63) is 71.0 Å². The fraction of sp³-hybridized carbons (Fsp3) is 0.300. The van der Waals surface area contributed by atoms with Crippen molar-refractivity contribution in [2.75, 3.05) is 13.1 Å². The van der Waals surface area contributed by atoms with Gasteiger partial charge in [-0.25, -0.2) is 9.18 Å². The number of rotatable bonds is 7. The molecule has 0 aromatic heterocycles. The molecule has 0 saturated heterocycles. The summed E-state index contributed by atoms with van der Waals surface area (Å²) < 4.78 is 13.7. The van der Waals surface area contributed by atoms with Crippen molar-refractivity contribution in [3.63, 3.8) is 0 Å². The molecular weight excluding hydrogens is 333 g/mol. The molecule has 6 heteroatoms. The molecule has 0 bridgehead atoms. The molecule has 0 aliphatic rings. The van der Waals surface area contributed by atoms with E-state index in [1.54, 1.807) is 18.3 Å². The molecule has 3 amide bonds. The van der Waals surface area contributed by atoms with Crippen LogP contribution in [0.3, 0.4) is 0 Å². The van der Waals surface area contributed by atoms with Crippen LogP contribution in [-0.4, -0.2) is 25.0 Å². The van der Waals surface area contributed by atoms with Gasteiger partial charge < -0.3 is 10.6 Å². The zero-order valence-electron chi connectivity index (χ0n) is 15.1. The molecule has 0 saturated carbocycles. The molecule has 0 aliphatic carbocycles. The largest absolute Gasteiger partial charge is 0.338 e. The smallest absolute Gasteiger partial charge is 0.321 e. The molecule has 0 fully saturated rings. The van der Waals surface area contributed by atoms with Crippen LogP contribution in [0.5, 0.6) is 0 Å². The van der Waals surface area contributed by atoms with Gasteiger partial charge in [0.15, 0.2) is 6.54 Å². The summed E-state index contributed by atoms with van der Waals surface area (Å²) in [4.78, 5) is 23.4. The van der Waals surface area contributed by atoms with Crippen molar-refractivity contribution < 1.29 is 19.3 Å². The van der Waals surface area contributed by atoms with Gasteiger partial charge in [-0.15, -0.1) is 0 Å². The maximum atomic E-state index is 13.7. The van der Waals surface area contributed by atoms with Crippen LogP contribution in [0.25, 0.3) is 0 Å². The Labute approximate surface area is 153 Å². The minimum atomic E-state index is -0.513. The Morgan fingerprint density at radius 2 is 1.81 bits per heavy atom. The Morgan fingerprint density at radius 3 is 2.42 bits per heavy atom. The second-order valence-corrected chi connectivity index (χ2v) is 5.98. The number of nitrogens with one attached hydrogen (secondary N) is 2. The number of hydrogen-bond acceptors (Lipinski definition) is 2. The number of imide groups is 1. The zero-order chi connectivity index (χ0) is 18.9. The molecule has 138 valence electrons. The van der Waals surface area contributed by atoms with Crippen molar-refractivity contribution in [2.24, 2.45) is 0 Å². The van der Waals surface area contributed by atoms with Crippen LogP contribution < -0.4 is 16.0 Å². The monoisotopic (exact) mass is 358 g/mol. The Morgan fingerprint density at radius 1 is 1.08 bits per heavy atom. The summed E-state index contributed by atoms with van der Waals surface area (Å²) in [6, 6.07) is 13.6. The van der Waals surface area contributed by atoms with Gasteiger partial charge in [-0.2, -0.15) is 0 Å². The molecule has 0 radical (unpaired) electrons. The predicted octanol–water partition coefficient (Wildman–Crippen LogP) is 1.89. The number of quaternary nitrogens is 1. The first-order chi connectivity index (χ1) is 12.5. The van der Waals surface area contributed by atoms with E-state index in [-0.39, 0.29) is 18.4 Å². The number of halogens is 1. The molecule has 2 rings (SSSR count).